The van der Waals surface area contributed by atoms with Gasteiger partial charge in [-0.2, -0.15) is 0 Å². The molecule has 0 radical (unpaired) electrons. The van der Waals surface area contributed by atoms with E-state index in [2.05, 4.69) is 10.6 Å². The molecule has 0 bridgehead atoms. The molecular formula is C29H30N4O5. The molecule has 5 amide bonds. The monoisotopic (exact) mass is 514 g/mol. The molecule has 3 rings (SSSR count). The topological polar surface area (TPSA) is 139 Å². The first-order valence-corrected chi connectivity index (χ1v) is 12.2. The maximum absolute atomic E-state index is 13.3. The van der Waals surface area contributed by atoms with E-state index in [-0.39, 0.29) is 19.5 Å². The highest BCUT2D eigenvalue weighted by Crippen LogP contribution is 2.08. The molecule has 0 spiro atoms. The van der Waals surface area contributed by atoms with Gasteiger partial charge in [0.15, 0.2) is 0 Å². The van der Waals surface area contributed by atoms with Crippen molar-refractivity contribution in [2.24, 2.45) is 5.73 Å². The fourth-order valence-electron chi connectivity index (χ4n) is 3.78. The third kappa shape index (κ3) is 8.70. The molecule has 9 nitrogen and oxygen atoms in total. The molecule has 3 aromatic carbocycles. The zero-order valence-electron chi connectivity index (χ0n) is 20.8. The first kappa shape index (κ1) is 27.8. The Labute approximate surface area is 221 Å². The number of hydrogen-bond donors (Lipinski definition) is 3. The van der Waals surface area contributed by atoms with E-state index in [0.717, 1.165) is 16.0 Å². The summed E-state index contributed by atoms with van der Waals surface area (Å²) in [6.07, 6.45) is -0.314. The minimum Gasteiger partial charge on any atom is -0.369 e. The minimum atomic E-state index is -1.25. The number of nitrogens with one attached hydrogen (secondary N) is 2. The number of nitrogens with two attached hydrogens (primary N) is 1. The molecule has 196 valence electrons. The second kappa shape index (κ2) is 14.1. The maximum Gasteiger partial charge on any atom is 0.324 e. The van der Waals surface area contributed by atoms with E-state index >= 15 is 0 Å². The third-order valence-electron chi connectivity index (χ3n) is 5.76. The van der Waals surface area contributed by atoms with Gasteiger partial charge in [0.25, 0.3) is 5.91 Å². The second-order valence-electron chi connectivity index (χ2n) is 8.65. The number of ketones is 1. The van der Waals surface area contributed by atoms with Crippen molar-refractivity contribution in [3.05, 3.63) is 108 Å². The predicted molar refractivity (Wildman–Crippen MR) is 141 cm³/mol. The highest BCUT2D eigenvalue weighted by atomic mass is 16.2. The van der Waals surface area contributed by atoms with E-state index in [1.165, 1.54) is 0 Å². The lowest BCUT2D eigenvalue weighted by molar-refractivity contribution is -0.139. The smallest absolute Gasteiger partial charge is 0.324 e. The van der Waals surface area contributed by atoms with Gasteiger partial charge < -0.3 is 16.4 Å². The SMILES string of the molecule is NC(=O)CC(=O)N(CCc1ccccc1)C(=O)N[C@@H](Cc1ccccc1)C(=O)C(=O)NCc1ccccc1. The van der Waals surface area contributed by atoms with Gasteiger partial charge in [0.2, 0.25) is 17.6 Å². The number of benzene rings is 3. The number of urea groups is 1. The summed E-state index contributed by atoms with van der Waals surface area (Å²) in [5, 5.41) is 5.12. The Morgan fingerprint density at radius 2 is 1.26 bits per heavy atom. The van der Waals surface area contributed by atoms with Crippen molar-refractivity contribution in [2.75, 3.05) is 6.54 Å². The zero-order valence-corrected chi connectivity index (χ0v) is 20.8. The molecule has 0 aliphatic heterocycles. The number of rotatable bonds is 12. The van der Waals surface area contributed by atoms with Crippen LogP contribution in [0.4, 0.5) is 4.79 Å². The van der Waals surface area contributed by atoms with Gasteiger partial charge in [-0.25, -0.2) is 4.79 Å². The Morgan fingerprint density at radius 1 is 0.737 bits per heavy atom. The summed E-state index contributed by atoms with van der Waals surface area (Å²) in [6.45, 7) is 0.0894. The summed E-state index contributed by atoms with van der Waals surface area (Å²) < 4.78 is 0. The Hall–Kier alpha value is -4.79. The Bertz CT molecular complexity index is 1250. The molecule has 3 aromatic rings. The average molecular weight is 515 g/mol. The lowest BCUT2D eigenvalue weighted by Crippen LogP contribution is -2.54. The zero-order chi connectivity index (χ0) is 27.3. The van der Waals surface area contributed by atoms with Crippen molar-refractivity contribution in [1.29, 1.82) is 0 Å². The summed E-state index contributed by atoms with van der Waals surface area (Å²) in [7, 11) is 0. The second-order valence-corrected chi connectivity index (χ2v) is 8.65. The van der Waals surface area contributed by atoms with Gasteiger partial charge in [0, 0.05) is 19.5 Å². The molecule has 1 atom stereocenters. The fourth-order valence-corrected chi connectivity index (χ4v) is 3.78. The predicted octanol–water partition coefficient (Wildman–Crippen LogP) is 2.14. The number of carbonyl (C=O) groups excluding carboxylic acids is 5. The number of nitrogens with zero attached hydrogens (tertiary/aromatic N) is 1. The molecule has 0 heterocycles. The van der Waals surface area contributed by atoms with Gasteiger partial charge in [-0.15, -0.1) is 0 Å². The van der Waals surface area contributed by atoms with Gasteiger partial charge in [-0.05, 0) is 23.1 Å². The van der Waals surface area contributed by atoms with Crippen molar-refractivity contribution in [1.82, 2.24) is 15.5 Å². The molecule has 0 aliphatic rings. The summed E-state index contributed by atoms with van der Waals surface area (Å²) in [5.74, 6) is -3.41. The van der Waals surface area contributed by atoms with Gasteiger partial charge in [-0.3, -0.25) is 24.1 Å². The van der Waals surface area contributed by atoms with E-state index in [4.69, 9.17) is 5.73 Å². The quantitative estimate of drug-likeness (QED) is 0.251. The molecule has 0 aromatic heterocycles. The van der Waals surface area contributed by atoms with Crippen molar-refractivity contribution >= 4 is 29.5 Å². The van der Waals surface area contributed by atoms with Gasteiger partial charge in [0.1, 0.15) is 12.5 Å². The molecule has 4 N–H and O–H groups in total. The number of imide groups is 1. The molecule has 0 saturated heterocycles. The third-order valence-corrected chi connectivity index (χ3v) is 5.76. The number of carbonyl (C=O) groups is 5. The molecule has 9 heteroatoms. The summed E-state index contributed by atoms with van der Waals surface area (Å²) in [6, 6.07) is 25.0. The summed E-state index contributed by atoms with van der Waals surface area (Å²) >= 11 is 0. The van der Waals surface area contributed by atoms with Crippen LogP contribution in [0, 0.1) is 0 Å². The standard InChI is InChI=1S/C29H30N4O5/c30-25(34)19-26(35)33(17-16-21-10-4-1-5-11-21)29(38)32-24(18-22-12-6-2-7-13-22)27(36)28(37)31-20-23-14-8-3-9-15-23/h1-15,24H,16-20H2,(H2,30,34)(H,31,37)(H,32,38)/t24-/m0/s1. The molecule has 0 fully saturated rings. The summed E-state index contributed by atoms with van der Waals surface area (Å²) in [4.78, 5) is 64.1. The van der Waals surface area contributed by atoms with Crippen LogP contribution in [0.3, 0.4) is 0 Å². The van der Waals surface area contributed by atoms with E-state index in [9.17, 15) is 24.0 Å². The van der Waals surface area contributed by atoms with E-state index in [1.807, 2.05) is 60.7 Å². The minimum absolute atomic E-state index is 0.0285. The molecule has 0 unspecified atom stereocenters. The highest BCUT2D eigenvalue weighted by molar-refractivity contribution is 6.38. The van der Waals surface area contributed by atoms with Gasteiger partial charge >= 0.3 is 6.03 Å². The Kier molecular flexibility index (Phi) is 10.3. The number of amides is 5. The van der Waals surface area contributed by atoms with Crippen molar-refractivity contribution in [3.63, 3.8) is 0 Å². The number of primary amides is 1. The van der Waals surface area contributed by atoms with Crippen LogP contribution in [0.2, 0.25) is 0 Å². The van der Waals surface area contributed by atoms with Crippen molar-refractivity contribution in [3.8, 4) is 0 Å². The summed E-state index contributed by atoms with van der Waals surface area (Å²) in [5.41, 5.74) is 7.57. The molecule has 38 heavy (non-hydrogen) atoms. The first-order valence-electron chi connectivity index (χ1n) is 12.2. The van der Waals surface area contributed by atoms with Crippen LogP contribution >= 0.6 is 0 Å². The lowest BCUT2D eigenvalue weighted by atomic mass is 10.0. The fraction of sp³-hybridized carbons (Fsp3) is 0.207. The van der Waals surface area contributed by atoms with Crippen LogP contribution in [0.5, 0.6) is 0 Å². The largest absolute Gasteiger partial charge is 0.369 e. The number of Topliss-reactive ketones (excluding diaryl/α,β-unsaturated/α-hetero) is 1. The molecular weight excluding hydrogens is 484 g/mol. The van der Waals surface area contributed by atoms with Crippen LogP contribution < -0.4 is 16.4 Å². The van der Waals surface area contributed by atoms with E-state index in [1.54, 1.807) is 30.3 Å². The highest BCUT2D eigenvalue weighted by Gasteiger charge is 2.31. The van der Waals surface area contributed by atoms with Crippen LogP contribution in [-0.2, 0) is 38.6 Å². The Morgan fingerprint density at radius 3 is 1.82 bits per heavy atom. The normalized spacial score (nSPS) is 11.2. The number of hydrogen-bond acceptors (Lipinski definition) is 5. The lowest BCUT2D eigenvalue weighted by Gasteiger charge is -2.24. The van der Waals surface area contributed by atoms with Crippen LogP contribution in [-0.4, -0.2) is 47.0 Å². The van der Waals surface area contributed by atoms with Crippen molar-refractivity contribution in [2.45, 2.75) is 31.8 Å². The van der Waals surface area contributed by atoms with E-state index < -0.39 is 42.0 Å². The first-order chi connectivity index (χ1) is 18.3. The average Bonchev–Trinajstić information content (AvgIpc) is 2.92. The van der Waals surface area contributed by atoms with Gasteiger partial charge in [-0.1, -0.05) is 91.0 Å². The maximum atomic E-state index is 13.3. The van der Waals surface area contributed by atoms with E-state index in [0.29, 0.717) is 12.0 Å². The Balaban J connectivity index is 1.77. The van der Waals surface area contributed by atoms with Crippen molar-refractivity contribution < 1.29 is 24.0 Å². The molecule has 0 saturated carbocycles. The van der Waals surface area contributed by atoms with Crippen LogP contribution in [0.1, 0.15) is 23.1 Å². The molecule has 0 aliphatic carbocycles. The van der Waals surface area contributed by atoms with Crippen LogP contribution in [0.25, 0.3) is 0 Å². The van der Waals surface area contributed by atoms with Crippen LogP contribution in [0.15, 0.2) is 91.0 Å². The van der Waals surface area contributed by atoms with Gasteiger partial charge in [0.05, 0.1) is 0 Å².